The zero-order valence-corrected chi connectivity index (χ0v) is 17.7. The molecule has 4 nitrogen and oxygen atoms in total. The summed E-state index contributed by atoms with van der Waals surface area (Å²) in [6, 6.07) is 23.6. The fourth-order valence-electron chi connectivity index (χ4n) is 3.86. The van der Waals surface area contributed by atoms with Crippen molar-refractivity contribution in [2.45, 2.75) is 18.2 Å². The minimum Gasteiger partial charge on any atom is -0.308 e. The zero-order valence-electron chi connectivity index (χ0n) is 16.0. The van der Waals surface area contributed by atoms with Gasteiger partial charge >= 0.3 is 0 Å². The van der Waals surface area contributed by atoms with Crippen LogP contribution in [0.1, 0.15) is 12.0 Å². The van der Waals surface area contributed by atoms with Crippen molar-refractivity contribution in [1.82, 2.24) is 0 Å². The number of para-hydroxylation sites is 1. The molecule has 1 amide bonds. The number of hydrogen-bond acceptors (Lipinski definition) is 4. The summed E-state index contributed by atoms with van der Waals surface area (Å²) < 4.78 is 24.0. The number of thioether (sulfide) groups is 1. The molecule has 1 unspecified atom stereocenters. The second-order valence-corrected chi connectivity index (χ2v) is 10.5. The first-order valence-corrected chi connectivity index (χ1v) is 12.6. The van der Waals surface area contributed by atoms with Crippen LogP contribution in [0.4, 0.5) is 5.69 Å². The third kappa shape index (κ3) is 4.65. The highest BCUT2D eigenvalue weighted by Gasteiger charge is 2.35. The summed E-state index contributed by atoms with van der Waals surface area (Å²) in [5.41, 5.74) is 1.97. The fraction of sp³-hybridized carbons (Fsp3) is 0.261. The van der Waals surface area contributed by atoms with Crippen LogP contribution in [-0.2, 0) is 20.4 Å². The van der Waals surface area contributed by atoms with E-state index in [1.54, 1.807) is 16.7 Å². The summed E-state index contributed by atoms with van der Waals surface area (Å²) in [5, 5.41) is 2.40. The van der Waals surface area contributed by atoms with Gasteiger partial charge in [-0.15, -0.1) is 11.8 Å². The van der Waals surface area contributed by atoms with Gasteiger partial charge in [0, 0.05) is 11.4 Å². The fourth-order valence-corrected chi connectivity index (χ4v) is 6.45. The van der Waals surface area contributed by atoms with Crippen LogP contribution in [0.5, 0.6) is 0 Å². The Labute approximate surface area is 175 Å². The number of rotatable bonds is 6. The van der Waals surface area contributed by atoms with E-state index >= 15 is 0 Å². The lowest BCUT2D eigenvalue weighted by Gasteiger charge is -2.28. The Morgan fingerprint density at radius 3 is 2.45 bits per heavy atom. The lowest BCUT2D eigenvalue weighted by molar-refractivity contribution is -0.116. The predicted molar refractivity (Wildman–Crippen MR) is 121 cm³/mol. The highest BCUT2D eigenvalue weighted by atomic mass is 32.2. The standard InChI is InChI=1S/C23H23NO3S2/c25-23(16-28-15-19-9-6-8-18-7-4-5-12-22(18)19)24(20-10-2-1-3-11-20)21-13-14-29(26,27)17-21/h1-12,21H,13-17H2. The first-order valence-electron chi connectivity index (χ1n) is 9.65. The molecule has 0 aliphatic carbocycles. The second kappa shape index (κ2) is 8.59. The molecule has 3 aromatic carbocycles. The Hall–Kier alpha value is -2.31. The average molecular weight is 426 g/mol. The molecule has 0 bridgehead atoms. The monoisotopic (exact) mass is 425 g/mol. The minimum atomic E-state index is -3.07. The topological polar surface area (TPSA) is 54.5 Å². The van der Waals surface area contributed by atoms with Crippen LogP contribution in [0, 0.1) is 0 Å². The van der Waals surface area contributed by atoms with Crippen LogP contribution in [0.3, 0.4) is 0 Å². The normalized spacial score (nSPS) is 18.0. The predicted octanol–water partition coefficient (Wildman–Crippen LogP) is 4.29. The van der Waals surface area contributed by atoms with Gasteiger partial charge in [0.2, 0.25) is 5.91 Å². The number of benzene rings is 3. The van der Waals surface area contributed by atoms with Crippen molar-refractivity contribution < 1.29 is 13.2 Å². The third-order valence-electron chi connectivity index (χ3n) is 5.24. The minimum absolute atomic E-state index is 0.0384. The summed E-state index contributed by atoms with van der Waals surface area (Å²) in [6.07, 6.45) is 0.497. The smallest absolute Gasteiger partial charge is 0.237 e. The molecule has 1 aliphatic rings. The van der Waals surface area contributed by atoms with Crippen LogP contribution >= 0.6 is 11.8 Å². The molecule has 6 heteroatoms. The molecule has 1 fully saturated rings. The lowest BCUT2D eigenvalue weighted by Crippen LogP contribution is -2.42. The van der Waals surface area contributed by atoms with Gasteiger partial charge in [0.25, 0.3) is 0 Å². The van der Waals surface area contributed by atoms with Gasteiger partial charge in [-0.2, -0.15) is 0 Å². The molecule has 4 rings (SSSR count). The van der Waals surface area contributed by atoms with Crippen molar-refractivity contribution in [3.8, 4) is 0 Å². The molecule has 150 valence electrons. The number of carbonyl (C=O) groups is 1. The Kier molecular flexibility index (Phi) is 5.92. The number of hydrogen-bond donors (Lipinski definition) is 0. The molecule has 29 heavy (non-hydrogen) atoms. The largest absolute Gasteiger partial charge is 0.308 e. The molecule has 1 saturated heterocycles. The van der Waals surface area contributed by atoms with E-state index in [0.29, 0.717) is 12.2 Å². The van der Waals surface area contributed by atoms with E-state index in [1.165, 1.54) is 16.3 Å². The number of amides is 1. The molecular weight excluding hydrogens is 402 g/mol. The maximum Gasteiger partial charge on any atom is 0.237 e. The van der Waals surface area contributed by atoms with E-state index in [9.17, 15) is 13.2 Å². The van der Waals surface area contributed by atoms with Gasteiger partial charge in [-0.05, 0) is 34.9 Å². The second-order valence-electron chi connectivity index (χ2n) is 7.29. The molecular formula is C23H23NO3S2. The van der Waals surface area contributed by atoms with Gasteiger partial charge in [0.15, 0.2) is 9.84 Å². The van der Waals surface area contributed by atoms with E-state index < -0.39 is 9.84 Å². The van der Waals surface area contributed by atoms with Crippen LogP contribution in [0.25, 0.3) is 10.8 Å². The zero-order chi connectivity index (χ0) is 20.3. The molecule has 1 aliphatic heterocycles. The first-order chi connectivity index (χ1) is 14.0. The first kappa shape index (κ1) is 20.0. The number of anilines is 1. The van der Waals surface area contributed by atoms with Gasteiger partial charge in [0.05, 0.1) is 23.3 Å². The number of nitrogens with zero attached hydrogens (tertiary/aromatic N) is 1. The molecule has 0 aromatic heterocycles. The van der Waals surface area contributed by atoms with Crippen LogP contribution < -0.4 is 4.90 Å². The maximum absolute atomic E-state index is 13.1. The summed E-state index contributed by atoms with van der Waals surface area (Å²) in [6.45, 7) is 0. The molecule has 3 aromatic rings. The van der Waals surface area contributed by atoms with Gasteiger partial charge in [0.1, 0.15) is 0 Å². The number of sulfone groups is 1. The van der Waals surface area contributed by atoms with Gasteiger partial charge < -0.3 is 4.90 Å². The van der Waals surface area contributed by atoms with E-state index in [-0.39, 0.29) is 23.5 Å². The highest BCUT2D eigenvalue weighted by Crippen LogP contribution is 2.27. The summed E-state index contributed by atoms with van der Waals surface area (Å²) >= 11 is 1.57. The van der Waals surface area contributed by atoms with Crippen molar-refractivity contribution in [3.63, 3.8) is 0 Å². The van der Waals surface area contributed by atoms with Gasteiger partial charge in [-0.25, -0.2) is 8.42 Å². The summed E-state index contributed by atoms with van der Waals surface area (Å²) in [7, 11) is -3.07. The van der Waals surface area contributed by atoms with Crippen LogP contribution in [0.2, 0.25) is 0 Å². The average Bonchev–Trinajstić information content (AvgIpc) is 3.08. The molecule has 1 atom stereocenters. The quantitative estimate of drug-likeness (QED) is 0.591. The molecule has 0 N–H and O–H groups in total. The van der Waals surface area contributed by atoms with E-state index in [1.807, 2.05) is 48.5 Å². The summed E-state index contributed by atoms with van der Waals surface area (Å²) in [4.78, 5) is 14.8. The van der Waals surface area contributed by atoms with E-state index in [0.717, 1.165) is 11.4 Å². The van der Waals surface area contributed by atoms with Crippen molar-refractivity contribution in [2.75, 3.05) is 22.2 Å². The Bertz CT molecular complexity index is 1110. The summed E-state index contributed by atoms with van der Waals surface area (Å²) in [5.74, 6) is 1.20. The Balaban J connectivity index is 1.48. The number of carbonyl (C=O) groups excluding carboxylic acids is 1. The Morgan fingerprint density at radius 2 is 1.69 bits per heavy atom. The molecule has 0 radical (unpaired) electrons. The van der Waals surface area contributed by atoms with E-state index in [4.69, 9.17) is 0 Å². The van der Waals surface area contributed by atoms with Crippen molar-refractivity contribution in [3.05, 3.63) is 78.4 Å². The molecule has 0 spiro atoms. The van der Waals surface area contributed by atoms with Crippen molar-refractivity contribution >= 4 is 44.0 Å². The third-order valence-corrected chi connectivity index (χ3v) is 7.96. The van der Waals surface area contributed by atoms with Crippen LogP contribution in [-0.4, -0.2) is 37.6 Å². The van der Waals surface area contributed by atoms with Crippen molar-refractivity contribution in [1.29, 1.82) is 0 Å². The lowest BCUT2D eigenvalue weighted by atomic mass is 10.1. The van der Waals surface area contributed by atoms with Crippen LogP contribution in [0.15, 0.2) is 72.8 Å². The Morgan fingerprint density at radius 1 is 0.966 bits per heavy atom. The molecule has 0 saturated carbocycles. The van der Waals surface area contributed by atoms with Crippen molar-refractivity contribution in [2.24, 2.45) is 0 Å². The number of fused-ring (bicyclic) bond motifs is 1. The SMILES string of the molecule is O=C(CSCc1cccc2ccccc12)N(c1ccccc1)C1CCS(=O)(=O)C1. The van der Waals surface area contributed by atoms with E-state index in [2.05, 4.69) is 24.3 Å². The highest BCUT2D eigenvalue weighted by molar-refractivity contribution is 7.99. The maximum atomic E-state index is 13.1. The van der Waals surface area contributed by atoms with Gasteiger partial charge in [-0.1, -0.05) is 60.7 Å². The van der Waals surface area contributed by atoms with Gasteiger partial charge in [-0.3, -0.25) is 4.79 Å². The molecule has 1 heterocycles.